The SMILES string of the molecule is CCOC(=O)c1cccc(C(n2cccc2C=O)[N+](=O)[O-])c1. The molecule has 0 radical (unpaired) electrons. The summed E-state index contributed by atoms with van der Waals surface area (Å²) in [6.07, 6.45) is 0.713. The van der Waals surface area contributed by atoms with Crippen LogP contribution in [0.15, 0.2) is 42.6 Å². The summed E-state index contributed by atoms with van der Waals surface area (Å²) in [5.41, 5.74) is 0.698. The summed E-state index contributed by atoms with van der Waals surface area (Å²) in [7, 11) is 0. The third kappa shape index (κ3) is 3.03. The van der Waals surface area contributed by atoms with Gasteiger partial charge in [-0.25, -0.2) is 4.79 Å². The maximum atomic E-state index is 11.7. The van der Waals surface area contributed by atoms with Crippen LogP contribution < -0.4 is 0 Å². The van der Waals surface area contributed by atoms with Gasteiger partial charge in [-0.1, -0.05) is 12.1 Å². The van der Waals surface area contributed by atoms with E-state index in [4.69, 9.17) is 4.74 Å². The van der Waals surface area contributed by atoms with Crippen molar-refractivity contribution < 1.29 is 19.2 Å². The summed E-state index contributed by atoms with van der Waals surface area (Å²) >= 11 is 0. The fraction of sp³-hybridized carbons (Fsp3) is 0.200. The highest BCUT2D eigenvalue weighted by Gasteiger charge is 2.27. The van der Waals surface area contributed by atoms with Gasteiger partial charge in [0, 0.05) is 11.8 Å². The summed E-state index contributed by atoms with van der Waals surface area (Å²) < 4.78 is 6.13. The lowest BCUT2D eigenvalue weighted by Crippen LogP contribution is -2.21. The molecule has 0 spiro atoms. The number of rotatable bonds is 6. The van der Waals surface area contributed by atoms with Gasteiger partial charge in [-0.2, -0.15) is 0 Å². The second kappa shape index (κ2) is 6.66. The number of hydrogen-bond acceptors (Lipinski definition) is 5. The van der Waals surface area contributed by atoms with E-state index in [1.165, 1.54) is 35.0 Å². The quantitative estimate of drug-likeness (QED) is 0.353. The second-order valence-corrected chi connectivity index (χ2v) is 4.46. The highest BCUT2D eigenvalue weighted by Crippen LogP contribution is 2.22. The number of nitrogens with zero attached hydrogens (tertiary/aromatic N) is 2. The smallest absolute Gasteiger partial charge is 0.338 e. The molecule has 0 aliphatic heterocycles. The predicted molar refractivity (Wildman–Crippen MR) is 77.4 cm³/mol. The number of carbonyl (C=O) groups excluding carboxylic acids is 2. The van der Waals surface area contributed by atoms with Gasteiger partial charge >= 0.3 is 12.1 Å². The van der Waals surface area contributed by atoms with Crippen LogP contribution >= 0.6 is 0 Å². The van der Waals surface area contributed by atoms with Crippen molar-refractivity contribution in [3.8, 4) is 0 Å². The summed E-state index contributed by atoms with van der Waals surface area (Å²) in [5.74, 6) is -0.547. The minimum Gasteiger partial charge on any atom is -0.462 e. The first kappa shape index (κ1) is 15.4. The summed E-state index contributed by atoms with van der Waals surface area (Å²) in [6, 6.07) is 9.04. The van der Waals surface area contributed by atoms with Crippen molar-refractivity contribution in [2.75, 3.05) is 6.61 Å². The molecule has 7 nitrogen and oxygen atoms in total. The zero-order chi connectivity index (χ0) is 16.1. The first-order valence-electron chi connectivity index (χ1n) is 6.61. The van der Waals surface area contributed by atoms with E-state index in [2.05, 4.69) is 0 Å². The van der Waals surface area contributed by atoms with Gasteiger partial charge in [-0.15, -0.1) is 0 Å². The number of hydrogen-bond donors (Lipinski definition) is 0. The molecule has 1 atom stereocenters. The molecule has 1 aromatic carbocycles. The maximum Gasteiger partial charge on any atom is 0.338 e. The second-order valence-electron chi connectivity index (χ2n) is 4.46. The fourth-order valence-corrected chi connectivity index (χ4v) is 2.15. The predicted octanol–water partition coefficient (Wildman–Crippen LogP) is 2.30. The Kier molecular flexibility index (Phi) is 4.67. The molecule has 7 heteroatoms. The Morgan fingerprint density at radius 3 is 2.82 bits per heavy atom. The molecule has 114 valence electrons. The Morgan fingerprint density at radius 1 is 1.41 bits per heavy atom. The minimum absolute atomic E-state index is 0.184. The number of esters is 1. The van der Waals surface area contributed by atoms with Crippen LogP contribution in [0, 0.1) is 10.1 Å². The van der Waals surface area contributed by atoms with Crippen molar-refractivity contribution in [3.05, 3.63) is 69.5 Å². The van der Waals surface area contributed by atoms with Gasteiger partial charge in [0.15, 0.2) is 6.29 Å². The number of aromatic nitrogens is 1. The van der Waals surface area contributed by atoms with Gasteiger partial charge in [0.05, 0.1) is 22.8 Å². The zero-order valence-corrected chi connectivity index (χ0v) is 11.8. The van der Waals surface area contributed by atoms with E-state index >= 15 is 0 Å². The molecule has 22 heavy (non-hydrogen) atoms. The molecule has 2 aromatic rings. The number of aldehydes is 1. The Hall–Kier alpha value is -2.96. The Labute approximate surface area is 126 Å². The van der Waals surface area contributed by atoms with E-state index in [0.29, 0.717) is 6.29 Å². The molecule has 2 rings (SSSR count). The van der Waals surface area contributed by atoms with Crippen LogP contribution in [0.25, 0.3) is 0 Å². The molecule has 0 saturated carbocycles. The molecule has 0 N–H and O–H groups in total. The standard InChI is InChI=1S/C15H14N2O5/c1-2-22-15(19)12-6-3-5-11(9-12)14(17(20)21)16-8-4-7-13(16)10-18/h3-10,14H,2H2,1H3. The highest BCUT2D eigenvalue weighted by atomic mass is 16.6. The van der Waals surface area contributed by atoms with Crippen molar-refractivity contribution in [3.63, 3.8) is 0 Å². The molecule has 0 aliphatic carbocycles. The van der Waals surface area contributed by atoms with E-state index in [1.807, 2.05) is 0 Å². The van der Waals surface area contributed by atoms with Gasteiger partial charge < -0.3 is 4.74 Å². The molecule has 0 amide bonds. The monoisotopic (exact) mass is 302 g/mol. The first-order chi connectivity index (χ1) is 10.6. The number of nitro groups is 1. The number of carbonyl (C=O) groups is 2. The van der Waals surface area contributed by atoms with Crippen LogP contribution in [-0.2, 0) is 4.74 Å². The summed E-state index contributed by atoms with van der Waals surface area (Å²) in [5, 5.41) is 11.4. The Bertz CT molecular complexity index is 707. The summed E-state index contributed by atoms with van der Waals surface area (Å²) in [6.45, 7) is 1.90. The topological polar surface area (TPSA) is 91.4 Å². The first-order valence-corrected chi connectivity index (χ1v) is 6.61. The molecule has 0 bridgehead atoms. The Morgan fingerprint density at radius 2 is 2.18 bits per heavy atom. The van der Waals surface area contributed by atoms with Crippen LogP contribution in [0.3, 0.4) is 0 Å². The molecule has 0 fully saturated rings. The molecule has 0 saturated heterocycles. The third-order valence-electron chi connectivity index (χ3n) is 3.09. The van der Waals surface area contributed by atoms with Crippen LogP contribution in [0.5, 0.6) is 0 Å². The highest BCUT2D eigenvalue weighted by molar-refractivity contribution is 5.89. The lowest BCUT2D eigenvalue weighted by atomic mass is 10.1. The van der Waals surface area contributed by atoms with Crippen molar-refractivity contribution >= 4 is 12.3 Å². The normalized spacial score (nSPS) is 11.7. The average molecular weight is 302 g/mol. The van der Waals surface area contributed by atoms with Crippen molar-refractivity contribution in [2.45, 2.75) is 13.1 Å². The number of benzene rings is 1. The molecule has 1 unspecified atom stereocenters. The lowest BCUT2D eigenvalue weighted by molar-refractivity contribution is -0.535. The molecule has 1 aromatic heterocycles. The van der Waals surface area contributed by atoms with Gasteiger partial charge in [-0.05, 0) is 31.2 Å². The van der Waals surface area contributed by atoms with Gasteiger partial charge in [-0.3, -0.25) is 19.5 Å². The molecule has 0 aliphatic rings. The zero-order valence-electron chi connectivity index (χ0n) is 11.8. The molecular weight excluding hydrogens is 288 g/mol. The van der Waals surface area contributed by atoms with E-state index in [9.17, 15) is 19.7 Å². The molecule has 1 heterocycles. The van der Waals surface area contributed by atoms with Crippen LogP contribution in [0.4, 0.5) is 0 Å². The van der Waals surface area contributed by atoms with E-state index in [0.717, 1.165) is 0 Å². The average Bonchev–Trinajstić information content (AvgIpc) is 2.96. The lowest BCUT2D eigenvalue weighted by Gasteiger charge is -2.13. The van der Waals surface area contributed by atoms with Gasteiger partial charge in [0.1, 0.15) is 0 Å². The maximum absolute atomic E-state index is 11.7. The van der Waals surface area contributed by atoms with Crippen molar-refractivity contribution in [1.82, 2.24) is 4.57 Å². The van der Waals surface area contributed by atoms with E-state index < -0.39 is 17.1 Å². The Balaban J connectivity index is 2.46. The van der Waals surface area contributed by atoms with Gasteiger partial charge in [0.25, 0.3) is 0 Å². The van der Waals surface area contributed by atoms with Crippen molar-refractivity contribution in [2.24, 2.45) is 0 Å². The van der Waals surface area contributed by atoms with E-state index in [1.54, 1.807) is 19.1 Å². The fourth-order valence-electron chi connectivity index (χ4n) is 2.15. The van der Waals surface area contributed by atoms with Crippen LogP contribution in [0.1, 0.15) is 39.5 Å². The summed E-state index contributed by atoms with van der Waals surface area (Å²) in [4.78, 5) is 33.6. The molecular formula is C15H14N2O5. The third-order valence-corrected chi connectivity index (χ3v) is 3.09. The largest absolute Gasteiger partial charge is 0.462 e. The minimum atomic E-state index is -1.29. The number of ether oxygens (including phenoxy) is 1. The van der Waals surface area contributed by atoms with Crippen LogP contribution in [-0.4, -0.2) is 28.4 Å². The van der Waals surface area contributed by atoms with Gasteiger partial charge in [0.2, 0.25) is 0 Å². The van der Waals surface area contributed by atoms with E-state index in [-0.39, 0.29) is 23.4 Å². The van der Waals surface area contributed by atoms with Crippen molar-refractivity contribution in [1.29, 1.82) is 0 Å². The van der Waals surface area contributed by atoms with Crippen LogP contribution in [0.2, 0.25) is 0 Å².